The van der Waals surface area contributed by atoms with Crippen LogP contribution in [0.2, 0.25) is 0 Å². The van der Waals surface area contributed by atoms with Gasteiger partial charge in [-0.25, -0.2) is 4.79 Å². The summed E-state index contributed by atoms with van der Waals surface area (Å²) in [5, 5.41) is 12.1. The summed E-state index contributed by atoms with van der Waals surface area (Å²) in [6.45, 7) is 2.15. The van der Waals surface area contributed by atoms with Crippen LogP contribution < -0.4 is 15.8 Å². The van der Waals surface area contributed by atoms with Gasteiger partial charge in [-0.15, -0.1) is 0 Å². The number of methoxy groups -OCH3 is 1. The van der Waals surface area contributed by atoms with Gasteiger partial charge >= 0.3 is 12.1 Å². The SMILES string of the molecule is CCNC(=O)Oc1cc(C[C@H](N)C(=O)OC)ccc1O. The number of aromatic hydroxyl groups is 1. The van der Waals surface area contributed by atoms with Crippen molar-refractivity contribution < 1.29 is 24.2 Å². The van der Waals surface area contributed by atoms with Crippen LogP contribution in [0, 0.1) is 0 Å². The molecule has 0 unspecified atom stereocenters. The molecule has 0 saturated carbocycles. The first kappa shape index (κ1) is 15.8. The van der Waals surface area contributed by atoms with E-state index in [1.165, 1.54) is 19.2 Å². The van der Waals surface area contributed by atoms with E-state index in [2.05, 4.69) is 10.1 Å². The topological polar surface area (TPSA) is 111 Å². The minimum atomic E-state index is -0.818. The Bertz CT molecular complexity index is 490. The second kappa shape index (κ2) is 7.34. The third-order valence-electron chi connectivity index (χ3n) is 2.51. The predicted molar refractivity (Wildman–Crippen MR) is 71.5 cm³/mol. The summed E-state index contributed by atoms with van der Waals surface area (Å²) in [4.78, 5) is 22.5. The molecule has 1 aromatic rings. The Hall–Kier alpha value is -2.28. The lowest BCUT2D eigenvalue weighted by Crippen LogP contribution is -2.33. The fourth-order valence-corrected chi connectivity index (χ4v) is 1.54. The van der Waals surface area contributed by atoms with Crippen LogP contribution in [-0.2, 0) is 16.0 Å². The normalized spacial score (nSPS) is 11.6. The van der Waals surface area contributed by atoms with Gasteiger partial charge in [0, 0.05) is 6.54 Å². The highest BCUT2D eigenvalue weighted by Crippen LogP contribution is 2.27. The lowest BCUT2D eigenvalue weighted by atomic mass is 10.1. The first-order valence-corrected chi connectivity index (χ1v) is 6.08. The summed E-state index contributed by atoms with van der Waals surface area (Å²) in [6.07, 6.45) is -0.462. The number of phenolic OH excluding ortho intramolecular Hbond substituents is 1. The maximum Gasteiger partial charge on any atom is 0.412 e. The number of ether oxygens (including phenoxy) is 2. The van der Waals surface area contributed by atoms with E-state index in [0.29, 0.717) is 12.1 Å². The second-order valence-electron chi connectivity index (χ2n) is 4.06. The van der Waals surface area contributed by atoms with Crippen LogP contribution in [0.15, 0.2) is 18.2 Å². The van der Waals surface area contributed by atoms with Crippen molar-refractivity contribution in [3.05, 3.63) is 23.8 Å². The zero-order valence-corrected chi connectivity index (χ0v) is 11.4. The molecular weight excluding hydrogens is 264 g/mol. The fraction of sp³-hybridized carbons (Fsp3) is 0.385. The van der Waals surface area contributed by atoms with Gasteiger partial charge < -0.3 is 25.6 Å². The number of carbonyl (C=O) groups is 2. The number of nitrogens with one attached hydrogen (secondary N) is 1. The van der Waals surface area contributed by atoms with Crippen molar-refractivity contribution in [2.24, 2.45) is 5.73 Å². The summed E-state index contributed by atoms with van der Waals surface area (Å²) < 4.78 is 9.46. The molecule has 0 saturated heterocycles. The molecule has 0 aliphatic rings. The Morgan fingerprint density at radius 2 is 2.15 bits per heavy atom. The molecule has 1 aromatic carbocycles. The number of esters is 1. The number of carbonyl (C=O) groups excluding carboxylic acids is 2. The summed E-state index contributed by atoms with van der Waals surface area (Å²) in [5.74, 6) is -0.707. The monoisotopic (exact) mass is 282 g/mol. The minimum Gasteiger partial charge on any atom is -0.504 e. The van der Waals surface area contributed by atoms with Crippen LogP contribution in [0.3, 0.4) is 0 Å². The zero-order valence-electron chi connectivity index (χ0n) is 11.4. The zero-order chi connectivity index (χ0) is 15.1. The number of amides is 1. The Kier molecular flexibility index (Phi) is 5.79. The van der Waals surface area contributed by atoms with Crippen LogP contribution in [-0.4, -0.2) is 36.9 Å². The molecule has 0 fully saturated rings. The molecule has 1 atom stereocenters. The van der Waals surface area contributed by atoms with E-state index < -0.39 is 18.1 Å². The van der Waals surface area contributed by atoms with E-state index >= 15 is 0 Å². The van der Waals surface area contributed by atoms with Gasteiger partial charge in [0.25, 0.3) is 0 Å². The highest BCUT2D eigenvalue weighted by atomic mass is 16.6. The van der Waals surface area contributed by atoms with E-state index in [4.69, 9.17) is 10.5 Å². The molecule has 0 radical (unpaired) electrons. The molecule has 0 aliphatic heterocycles. The molecule has 4 N–H and O–H groups in total. The minimum absolute atomic E-state index is 0.00511. The van der Waals surface area contributed by atoms with Crippen LogP contribution in [0.1, 0.15) is 12.5 Å². The summed E-state index contributed by atoms with van der Waals surface area (Å²) in [5.41, 5.74) is 6.28. The molecule has 1 rings (SSSR count). The van der Waals surface area contributed by atoms with Crippen molar-refractivity contribution in [3.8, 4) is 11.5 Å². The number of benzene rings is 1. The molecule has 0 bridgehead atoms. The standard InChI is InChI=1S/C13H18N2O5/c1-3-15-13(18)20-11-7-8(4-5-10(11)16)6-9(14)12(17)19-2/h4-5,7,9,16H,3,6,14H2,1-2H3,(H,15,18)/t9-/m0/s1. The fourth-order valence-electron chi connectivity index (χ4n) is 1.54. The lowest BCUT2D eigenvalue weighted by Gasteiger charge is -2.11. The molecular formula is C13H18N2O5. The van der Waals surface area contributed by atoms with Gasteiger partial charge in [-0.05, 0) is 31.0 Å². The molecule has 1 amide bonds. The number of hydrogen-bond donors (Lipinski definition) is 3. The number of rotatable bonds is 5. The molecule has 0 heterocycles. The molecule has 0 spiro atoms. The number of phenols is 1. The van der Waals surface area contributed by atoms with Gasteiger partial charge in [-0.1, -0.05) is 6.07 Å². The number of hydrogen-bond acceptors (Lipinski definition) is 6. The number of nitrogens with two attached hydrogens (primary N) is 1. The van der Waals surface area contributed by atoms with Gasteiger partial charge in [0.15, 0.2) is 11.5 Å². The van der Waals surface area contributed by atoms with E-state index in [9.17, 15) is 14.7 Å². The van der Waals surface area contributed by atoms with Crippen LogP contribution in [0.4, 0.5) is 4.79 Å². The average molecular weight is 282 g/mol. The largest absolute Gasteiger partial charge is 0.504 e. The van der Waals surface area contributed by atoms with Gasteiger partial charge in [-0.2, -0.15) is 0 Å². The average Bonchev–Trinajstić information content (AvgIpc) is 2.41. The Labute approximate surface area is 116 Å². The highest BCUT2D eigenvalue weighted by molar-refractivity contribution is 5.76. The van der Waals surface area contributed by atoms with Crippen molar-refractivity contribution in [2.45, 2.75) is 19.4 Å². The van der Waals surface area contributed by atoms with Crippen molar-refractivity contribution >= 4 is 12.1 Å². The second-order valence-corrected chi connectivity index (χ2v) is 4.06. The van der Waals surface area contributed by atoms with E-state index in [1.54, 1.807) is 13.0 Å². The Morgan fingerprint density at radius 3 is 2.75 bits per heavy atom. The van der Waals surface area contributed by atoms with Gasteiger partial charge in [0.2, 0.25) is 0 Å². The first-order chi connectivity index (χ1) is 9.47. The molecule has 7 heteroatoms. The van der Waals surface area contributed by atoms with Crippen LogP contribution in [0.25, 0.3) is 0 Å². The smallest absolute Gasteiger partial charge is 0.412 e. The van der Waals surface area contributed by atoms with Crippen LogP contribution >= 0.6 is 0 Å². The van der Waals surface area contributed by atoms with Crippen LogP contribution in [0.5, 0.6) is 11.5 Å². The molecule has 0 aliphatic carbocycles. The van der Waals surface area contributed by atoms with Gasteiger partial charge in [-0.3, -0.25) is 4.79 Å². The molecule has 20 heavy (non-hydrogen) atoms. The third-order valence-corrected chi connectivity index (χ3v) is 2.51. The third kappa shape index (κ3) is 4.43. The summed E-state index contributed by atoms with van der Waals surface area (Å²) >= 11 is 0. The first-order valence-electron chi connectivity index (χ1n) is 6.08. The quantitative estimate of drug-likeness (QED) is 0.680. The van der Waals surface area contributed by atoms with Crippen molar-refractivity contribution in [2.75, 3.05) is 13.7 Å². The van der Waals surface area contributed by atoms with Gasteiger partial charge in [0.05, 0.1) is 7.11 Å². The maximum atomic E-state index is 11.3. The maximum absolute atomic E-state index is 11.3. The Morgan fingerprint density at radius 1 is 1.45 bits per heavy atom. The lowest BCUT2D eigenvalue weighted by molar-refractivity contribution is -0.142. The van der Waals surface area contributed by atoms with Crippen molar-refractivity contribution in [1.29, 1.82) is 0 Å². The molecule has 7 nitrogen and oxygen atoms in total. The Balaban J connectivity index is 2.80. The summed E-state index contributed by atoms with van der Waals surface area (Å²) in [6, 6.07) is 3.59. The molecule has 110 valence electrons. The molecule has 0 aromatic heterocycles. The van der Waals surface area contributed by atoms with Crippen molar-refractivity contribution in [1.82, 2.24) is 5.32 Å². The summed E-state index contributed by atoms with van der Waals surface area (Å²) in [7, 11) is 1.25. The predicted octanol–water partition coefficient (Wildman–Crippen LogP) is 0.543. The van der Waals surface area contributed by atoms with E-state index in [1.807, 2.05) is 0 Å². The van der Waals surface area contributed by atoms with E-state index in [0.717, 1.165) is 0 Å². The van der Waals surface area contributed by atoms with Gasteiger partial charge in [0.1, 0.15) is 6.04 Å². The highest BCUT2D eigenvalue weighted by Gasteiger charge is 2.16. The van der Waals surface area contributed by atoms with E-state index in [-0.39, 0.29) is 17.9 Å². The van der Waals surface area contributed by atoms with Crippen molar-refractivity contribution in [3.63, 3.8) is 0 Å².